The molecule has 2 heterocycles. The smallest absolute Gasteiger partial charge is 0.251 e. The minimum Gasteiger partial charge on any atom is -0.379 e. The first kappa shape index (κ1) is 11.9. The molecule has 0 aliphatic heterocycles. The normalized spacial score (nSPS) is 11.3. The van der Waals surface area contributed by atoms with E-state index in [4.69, 9.17) is 17.3 Å². The molecule has 6 nitrogen and oxygen atoms in total. The summed E-state index contributed by atoms with van der Waals surface area (Å²) in [5.41, 5.74) is 7.05. The zero-order valence-corrected chi connectivity index (χ0v) is 10.8. The molecule has 3 aromatic rings. The lowest BCUT2D eigenvalue weighted by Crippen LogP contribution is -2.19. The van der Waals surface area contributed by atoms with Crippen molar-refractivity contribution in [2.45, 2.75) is 13.5 Å². The van der Waals surface area contributed by atoms with E-state index in [9.17, 15) is 4.79 Å². The van der Waals surface area contributed by atoms with Gasteiger partial charge in [0.05, 0.1) is 11.0 Å². The van der Waals surface area contributed by atoms with E-state index in [1.165, 1.54) is 0 Å². The van der Waals surface area contributed by atoms with Crippen LogP contribution in [0.15, 0.2) is 23.0 Å². The maximum atomic E-state index is 12.0. The summed E-state index contributed by atoms with van der Waals surface area (Å²) in [6.45, 7) is 2.44. The van der Waals surface area contributed by atoms with Crippen LogP contribution >= 0.6 is 11.6 Å². The molecule has 3 rings (SSSR count). The van der Waals surface area contributed by atoms with Gasteiger partial charge < -0.3 is 5.73 Å². The third-order valence-corrected chi connectivity index (χ3v) is 3.06. The molecule has 19 heavy (non-hydrogen) atoms. The average Bonchev–Trinajstić information content (AvgIpc) is 2.41. The molecule has 2 N–H and O–H groups in total. The Labute approximate surface area is 112 Å². The van der Waals surface area contributed by atoms with E-state index >= 15 is 0 Å². The average molecular weight is 276 g/mol. The molecular weight excluding hydrogens is 266 g/mol. The van der Waals surface area contributed by atoms with Gasteiger partial charge in [-0.25, -0.2) is 14.6 Å². The van der Waals surface area contributed by atoms with Gasteiger partial charge in [0.15, 0.2) is 17.0 Å². The Hall–Kier alpha value is -2.21. The van der Waals surface area contributed by atoms with Crippen molar-refractivity contribution in [2.24, 2.45) is 0 Å². The highest BCUT2D eigenvalue weighted by molar-refractivity contribution is 6.31. The quantitative estimate of drug-likeness (QED) is 0.682. The topological polar surface area (TPSA) is 86.7 Å². The molecule has 0 saturated heterocycles. The number of nitrogen functional groups attached to an aromatic ring is 1. The lowest BCUT2D eigenvalue weighted by atomic mass is 10.3. The molecule has 7 heteroatoms. The highest BCUT2D eigenvalue weighted by Gasteiger charge is 2.12. The number of anilines is 1. The molecule has 0 unspecified atom stereocenters. The largest absolute Gasteiger partial charge is 0.379 e. The predicted octanol–water partition coefficient (Wildman–Crippen LogP) is 1.60. The fourth-order valence-corrected chi connectivity index (χ4v) is 2.08. The van der Waals surface area contributed by atoms with Crippen molar-refractivity contribution >= 4 is 39.6 Å². The summed E-state index contributed by atoms with van der Waals surface area (Å²) in [6, 6.07) is 5.14. The summed E-state index contributed by atoms with van der Waals surface area (Å²) < 4.78 is 1.56. The highest BCUT2D eigenvalue weighted by Crippen LogP contribution is 2.18. The fourth-order valence-electron chi connectivity index (χ4n) is 1.92. The van der Waals surface area contributed by atoms with E-state index in [-0.39, 0.29) is 11.3 Å². The van der Waals surface area contributed by atoms with Crippen LogP contribution in [0, 0.1) is 0 Å². The van der Waals surface area contributed by atoms with Gasteiger partial charge in [-0.2, -0.15) is 0 Å². The lowest BCUT2D eigenvalue weighted by Gasteiger charge is -2.07. The van der Waals surface area contributed by atoms with Gasteiger partial charge in [0, 0.05) is 11.6 Å². The summed E-state index contributed by atoms with van der Waals surface area (Å²) in [6.07, 6.45) is 0. The summed E-state index contributed by atoms with van der Waals surface area (Å²) in [7, 11) is 0. The zero-order chi connectivity index (χ0) is 13.6. The van der Waals surface area contributed by atoms with Gasteiger partial charge in [-0.1, -0.05) is 11.6 Å². The summed E-state index contributed by atoms with van der Waals surface area (Å²) in [5.74, 6) is -0.0787. The summed E-state index contributed by atoms with van der Waals surface area (Å²) >= 11 is 5.91. The van der Waals surface area contributed by atoms with Gasteiger partial charge in [-0.3, -0.25) is 4.79 Å². The van der Waals surface area contributed by atoms with Gasteiger partial charge >= 0.3 is 0 Å². The highest BCUT2D eigenvalue weighted by atomic mass is 35.5. The van der Waals surface area contributed by atoms with Gasteiger partial charge in [0.25, 0.3) is 5.43 Å². The molecule has 0 aliphatic carbocycles. The second-order valence-electron chi connectivity index (χ2n) is 4.06. The number of nitrogens with two attached hydrogens (primary N) is 1. The maximum Gasteiger partial charge on any atom is 0.251 e. The monoisotopic (exact) mass is 275 g/mol. The van der Waals surface area contributed by atoms with E-state index in [0.717, 1.165) is 0 Å². The van der Waals surface area contributed by atoms with Gasteiger partial charge in [0.1, 0.15) is 0 Å². The number of hydrogen-bond acceptors (Lipinski definition) is 5. The van der Waals surface area contributed by atoms with E-state index in [0.29, 0.717) is 28.2 Å². The zero-order valence-electron chi connectivity index (χ0n) is 10.1. The maximum absolute atomic E-state index is 12.0. The van der Waals surface area contributed by atoms with Crippen LogP contribution in [0.25, 0.3) is 22.2 Å². The Morgan fingerprint density at radius 1 is 1.32 bits per heavy atom. The number of halogens is 1. The summed E-state index contributed by atoms with van der Waals surface area (Å²) in [4.78, 5) is 20.7. The number of aromatic nitrogens is 4. The minimum atomic E-state index is -0.408. The van der Waals surface area contributed by atoms with Gasteiger partial charge in [-0.05, 0) is 25.1 Å². The molecule has 96 valence electrons. The van der Waals surface area contributed by atoms with Crippen LogP contribution in [0.3, 0.4) is 0 Å². The van der Waals surface area contributed by atoms with Crippen molar-refractivity contribution in [2.75, 3.05) is 5.73 Å². The molecule has 0 atom stereocenters. The molecule has 0 aliphatic rings. The van der Waals surface area contributed by atoms with Crippen LogP contribution in [-0.2, 0) is 6.54 Å². The van der Waals surface area contributed by atoms with E-state index in [1.54, 1.807) is 22.9 Å². The molecule has 0 amide bonds. The molecule has 2 aromatic heterocycles. The number of rotatable bonds is 1. The van der Waals surface area contributed by atoms with Crippen LogP contribution in [0.1, 0.15) is 6.92 Å². The minimum absolute atomic E-state index is 0.0787. The molecule has 0 spiro atoms. The Morgan fingerprint density at radius 2 is 2.11 bits per heavy atom. The Balaban J connectivity index is 2.53. The van der Waals surface area contributed by atoms with Crippen molar-refractivity contribution in [3.8, 4) is 0 Å². The molecule has 0 saturated carbocycles. The number of benzene rings is 1. The molecule has 0 bridgehead atoms. The SMILES string of the molecule is CCn1nc(N)c(=O)c2nc3cc(Cl)ccc3nc21. The third-order valence-electron chi connectivity index (χ3n) is 2.83. The summed E-state index contributed by atoms with van der Waals surface area (Å²) in [5, 5.41) is 4.54. The van der Waals surface area contributed by atoms with E-state index in [1.807, 2.05) is 6.92 Å². The Morgan fingerprint density at radius 3 is 2.84 bits per heavy atom. The van der Waals surface area contributed by atoms with Crippen molar-refractivity contribution in [3.63, 3.8) is 0 Å². The van der Waals surface area contributed by atoms with Crippen molar-refractivity contribution in [1.29, 1.82) is 0 Å². The van der Waals surface area contributed by atoms with Crippen LogP contribution in [0.4, 0.5) is 5.82 Å². The second kappa shape index (κ2) is 4.17. The number of aryl methyl sites for hydroxylation is 1. The Kier molecular flexibility index (Phi) is 2.60. The van der Waals surface area contributed by atoms with Crippen molar-refractivity contribution in [3.05, 3.63) is 33.4 Å². The molecule has 0 radical (unpaired) electrons. The van der Waals surface area contributed by atoms with E-state index < -0.39 is 5.43 Å². The number of nitrogens with zero attached hydrogens (tertiary/aromatic N) is 4. The first-order valence-electron chi connectivity index (χ1n) is 5.73. The van der Waals surface area contributed by atoms with Gasteiger partial charge in [0.2, 0.25) is 0 Å². The van der Waals surface area contributed by atoms with Crippen LogP contribution in [0.2, 0.25) is 5.02 Å². The Bertz CT molecular complexity index is 858. The number of hydrogen-bond donors (Lipinski definition) is 1. The molecule has 0 fully saturated rings. The number of fused-ring (bicyclic) bond motifs is 2. The van der Waals surface area contributed by atoms with E-state index in [2.05, 4.69) is 15.1 Å². The van der Waals surface area contributed by atoms with Crippen LogP contribution in [-0.4, -0.2) is 19.7 Å². The second-order valence-corrected chi connectivity index (χ2v) is 4.50. The van der Waals surface area contributed by atoms with Crippen LogP contribution < -0.4 is 11.2 Å². The third kappa shape index (κ3) is 1.80. The lowest BCUT2D eigenvalue weighted by molar-refractivity contribution is 0.665. The predicted molar refractivity (Wildman–Crippen MR) is 74.2 cm³/mol. The van der Waals surface area contributed by atoms with Crippen molar-refractivity contribution < 1.29 is 0 Å². The first-order valence-corrected chi connectivity index (χ1v) is 6.11. The van der Waals surface area contributed by atoms with Gasteiger partial charge in [-0.15, -0.1) is 5.10 Å². The fraction of sp³-hybridized carbons (Fsp3) is 0.167. The molecular formula is C12H10ClN5O. The van der Waals surface area contributed by atoms with Crippen molar-refractivity contribution in [1.82, 2.24) is 19.7 Å². The first-order chi connectivity index (χ1) is 9.10. The van der Waals surface area contributed by atoms with Crippen LogP contribution in [0.5, 0.6) is 0 Å². The molecule has 1 aromatic carbocycles. The standard InChI is InChI=1S/C12H10ClN5O/c1-2-18-12-9(10(19)11(14)17-18)15-8-5-6(13)3-4-7(8)16-12/h3-5H,2H2,1H3,(H2,14,17).